The third kappa shape index (κ3) is 4.91. The lowest BCUT2D eigenvalue weighted by Gasteiger charge is -2.28. The normalized spacial score (nSPS) is 18.7. The van der Waals surface area contributed by atoms with Gasteiger partial charge in [-0.3, -0.25) is 19.3 Å². The smallest absolute Gasteiger partial charge is 0.294 e. The van der Waals surface area contributed by atoms with Gasteiger partial charge in [0.15, 0.2) is 11.5 Å². The van der Waals surface area contributed by atoms with Gasteiger partial charge in [0, 0.05) is 18.7 Å². The molecular formula is C20H24N2O6S. The van der Waals surface area contributed by atoms with Crippen LogP contribution in [-0.2, 0) is 14.3 Å². The summed E-state index contributed by atoms with van der Waals surface area (Å²) in [4.78, 5) is 40.4. The Bertz CT molecular complexity index is 832. The molecule has 0 spiro atoms. The summed E-state index contributed by atoms with van der Waals surface area (Å²) in [5.74, 6) is 0.289. The number of ether oxygens (including phenoxy) is 3. The largest absolute Gasteiger partial charge is 0.493 e. The van der Waals surface area contributed by atoms with Crippen molar-refractivity contribution in [2.45, 2.75) is 20.0 Å². The van der Waals surface area contributed by atoms with Gasteiger partial charge in [-0.25, -0.2) is 0 Å². The Balaban J connectivity index is 1.80. The molecule has 9 heteroatoms. The molecule has 8 nitrogen and oxygen atoms in total. The molecule has 0 radical (unpaired) electrons. The van der Waals surface area contributed by atoms with Gasteiger partial charge in [-0.2, -0.15) is 0 Å². The number of benzene rings is 1. The minimum Gasteiger partial charge on any atom is -0.493 e. The average molecular weight is 420 g/mol. The van der Waals surface area contributed by atoms with Crippen molar-refractivity contribution < 1.29 is 28.6 Å². The minimum absolute atomic E-state index is 0.0975. The fourth-order valence-corrected chi connectivity index (χ4v) is 3.82. The first kappa shape index (κ1) is 21.2. The van der Waals surface area contributed by atoms with E-state index >= 15 is 0 Å². The van der Waals surface area contributed by atoms with Crippen LogP contribution in [0.1, 0.15) is 19.4 Å². The number of para-hydroxylation sites is 1. The second kappa shape index (κ2) is 9.32. The highest BCUT2D eigenvalue weighted by Crippen LogP contribution is 2.37. The molecule has 0 bridgehead atoms. The topological polar surface area (TPSA) is 85.4 Å². The lowest BCUT2D eigenvalue weighted by Crippen LogP contribution is -2.46. The van der Waals surface area contributed by atoms with Gasteiger partial charge in [0.1, 0.15) is 6.54 Å². The van der Waals surface area contributed by atoms with Crippen molar-refractivity contribution in [1.29, 1.82) is 0 Å². The quantitative estimate of drug-likeness (QED) is 0.653. The molecule has 2 aliphatic rings. The summed E-state index contributed by atoms with van der Waals surface area (Å²) < 4.78 is 16.4. The molecule has 1 aromatic rings. The van der Waals surface area contributed by atoms with E-state index in [4.69, 9.17) is 14.2 Å². The van der Waals surface area contributed by atoms with Crippen LogP contribution in [0.5, 0.6) is 11.5 Å². The van der Waals surface area contributed by atoms with E-state index < -0.39 is 11.1 Å². The number of hydrogen-bond acceptors (Lipinski definition) is 7. The Hall–Kier alpha value is -2.52. The van der Waals surface area contributed by atoms with Crippen LogP contribution in [0.4, 0.5) is 4.79 Å². The maximum atomic E-state index is 12.8. The first-order valence-electron chi connectivity index (χ1n) is 9.35. The van der Waals surface area contributed by atoms with Gasteiger partial charge in [0.05, 0.1) is 31.3 Å². The molecule has 2 saturated heterocycles. The summed E-state index contributed by atoms with van der Waals surface area (Å²) in [6.45, 7) is 5.36. The monoisotopic (exact) mass is 420 g/mol. The molecule has 2 fully saturated rings. The molecule has 2 heterocycles. The van der Waals surface area contributed by atoms with E-state index in [-0.39, 0.29) is 23.5 Å². The lowest BCUT2D eigenvalue weighted by atomic mass is 10.1. The molecule has 3 amide bonds. The van der Waals surface area contributed by atoms with Gasteiger partial charge >= 0.3 is 0 Å². The van der Waals surface area contributed by atoms with E-state index in [2.05, 4.69) is 0 Å². The molecule has 156 valence electrons. The standard InChI is InChI=1S/C20H24N2O6S/c1-13(2)28-18-14(5-4-6-15(18)26-3)11-16-19(24)22(20(25)29-16)12-17(23)21-7-9-27-10-8-21/h4-6,11,13H,7-10,12H2,1-3H3/b16-11+. The molecule has 29 heavy (non-hydrogen) atoms. The van der Waals surface area contributed by atoms with Gasteiger partial charge in [-0.15, -0.1) is 0 Å². The highest BCUT2D eigenvalue weighted by Gasteiger charge is 2.37. The fourth-order valence-electron chi connectivity index (χ4n) is 2.99. The predicted molar refractivity (Wildman–Crippen MR) is 109 cm³/mol. The van der Waals surface area contributed by atoms with E-state index in [1.807, 2.05) is 13.8 Å². The summed E-state index contributed by atoms with van der Waals surface area (Å²) in [7, 11) is 1.54. The van der Waals surface area contributed by atoms with Gasteiger partial charge < -0.3 is 19.1 Å². The van der Waals surface area contributed by atoms with Crippen LogP contribution in [0, 0.1) is 0 Å². The number of nitrogens with zero attached hydrogens (tertiary/aromatic N) is 2. The first-order valence-corrected chi connectivity index (χ1v) is 10.2. The molecule has 3 rings (SSSR count). The maximum absolute atomic E-state index is 12.8. The SMILES string of the molecule is COc1cccc(/C=C2/SC(=O)N(CC(=O)N3CCOCC3)C2=O)c1OC(C)C. The fraction of sp³-hybridized carbons (Fsp3) is 0.450. The number of methoxy groups -OCH3 is 1. The Morgan fingerprint density at radius 2 is 2.00 bits per heavy atom. The summed E-state index contributed by atoms with van der Waals surface area (Å²) in [6, 6.07) is 5.33. The van der Waals surface area contributed by atoms with Crippen LogP contribution in [0.25, 0.3) is 6.08 Å². The Morgan fingerprint density at radius 3 is 2.66 bits per heavy atom. The molecule has 0 atom stereocenters. The zero-order valence-corrected chi connectivity index (χ0v) is 17.5. The second-order valence-electron chi connectivity index (χ2n) is 6.81. The van der Waals surface area contributed by atoms with Crippen molar-refractivity contribution in [3.8, 4) is 11.5 Å². The number of imide groups is 1. The number of morpholine rings is 1. The summed E-state index contributed by atoms with van der Waals surface area (Å²) in [6.07, 6.45) is 1.50. The van der Waals surface area contributed by atoms with Crippen molar-refractivity contribution in [2.75, 3.05) is 40.0 Å². The molecule has 0 aliphatic carbocycles. The first-order chi connectivity index (χ1) is 13.9. The zero-order valence-electron chi connectivity index (χ0n) is 16.7. The van der Waals surface area contributed by atoms with Crippen LogP contribution in [-0.4, -0.2) is 72.9 Å². The third-order valence-electron chi connectivity index (χ3n) is 4.40. The zero-order chi connectivity index (χ0) is 21.0. The number of rotatable bonds is 6. The van der Waals surface area contributed by atoms with Crippen molar-refractivity contribution in [3.63, 3.8) is 0 Å². The van der Waals surface area contributed by atoms with E-state index in [0.717, 1.165) is 16.7 Å². The minimum atomic E-state index is -0.486. The molecule has 0 unspecified atom stereocenters. The molecule has 0 saturated carbocycles. The molecule has 0 aromatic heterocycles. The molecule has 2 aliphatic heterocycles. The van der Waals surface area contributed by atoms with E-state index in [1.54, 1.807) is 29.2 Å². The highest BCUT2D eigenvalue weighted by molar-refractivity contribution is 8.18. The number of carbonyl (C=O) groups is 3. The average Bonchev–Trinajstić information content (AvgIpc) is 2.97. The third-order valence-corrected chi connectivity index (χ3v) is 5.31. The van der Waals surface area contributed by atoms with Gasteiger partial charge in [0.2, 0.25) is 5.91 Å². The van der Waals surface area contributed by atoms with Crippen molar-refractivity contribution in [1.82, 2.24) is 9.80 Å². The van der Waals surface area contributed by atoms with Crippen LogP contribution in [0.2, 0.25) is 0 Å². The Labute approximate surface area is 173 Å². The lowest BCUT2D eigenvalue weighted by molar-refractivity contribution is -0.139. The Kier molecular flexibility index (Phi) is 6.81. The van der Waals surface area contributed by atoms with Crippen LogP contribution in [0.3, 0.4) is 0 Å². The van der Waals surface area contributed by atoms with Crippen LogP contribution < -0.4 is 9.47 Å². The molecular weight excluding hydrogens is 396 g/mol. The molecule has 1 aromatic carbocycles. The maximum Gasteiger partial charge on any atom is 0.294 e. The van der Waals surface area contributed by atoms with Gasteiger partial charge in [-0.1, -0.05) is 12.1 Å². The van der Waals surface area contributed by atoms with Gasteiger partial charge in [0.25, 0.3) is 11.1 Å². The van der Waals surface area contributed by atoms with E-state index in [0.29, 0.717) is 43.4 Å². The van der Waals surface area contributed by atoms with Crippen molar-refractivity contribution in [3.05, 3.63) is 28.7 Å². The van der Waals surface area contributed by atoms with E-state index in [1.165, 1.54) is 7.11 Å². The molecule has 0 N–H and O–H groups in total. The summed E-state index contributed by atoms with van der Waals surface area (Å²) in [5.41, 5.74) is 0.628. The predicted octanol–water partition coefficient (Wildman–Crippen LogP) is 2.38. The number of carbonyl (C=O) groups excluding carboxylic acids is 3. The van der Waals surface area contributed by atoms with Gasteiger partial charge in [-0.05, 0) is 37.8 Å². The number of amides is 3. The second-order valence-corrected chi connectivity index (χ2v) is 7.80. The van der Waals surface area contributed by atoms with Crippen LogP contribution in [0.15, 0.2) is 23.1 Å². The van der Waals surface area contributed by atoms with Crippen molar-refractivity contribution in [2.24, 2.45) is 0 Å². The number of hydrogen-bond donors (Lipinski definition) is 0. The highest BCUT2D eigenvalue weighted by atomic mass is 32.2. The number of thioether (sulfide) groups is 1. The van der Waals surface area contributed by atoms with E-state index in [9.17, 15) is 14.4 Å². The van der Waals surface area contributed by atoms with Crippen LogP contribution >= 0.6 is 11.8 Å². The summed E-state index contributed by atoms with van der Waals surface area (Å²) >= 11 is 0.813. The summed E-state index contributed by atoms with van der Waals surface area (Å²) in [5, 5.41) is -0.461. The van der Waals surface area contributed by atoms with Crippen molar-refractivity contribution >= 4 is 34.9 Å². The Morgan fingerprint density at radius 1 is 1.28 bits per heavy atom.